The third kappa shape index (κ3) is 3.37. The average molecular weight is 364 g/mol. The van der Waals surface area contributed by atoms with Crippen LogP contribution in [-0.2, 0) is 0 Å². The SMILES string of the molecule is CN(CCOc1ccccc1F)C(=O)c1sc2ccccc2c1Cl. The quantitative estimate of drug-likeness (QED) is 0.648. The summed E-state index contributed by atoms with van der Waals surface area (Å²) in [4.78, 5) is 14.6. The maximum absolute atomic E-state index is 13.5. The molecule has 0 aliphatic rings. The number of rotatable bonds is 5. The van der Waals surface area contributed by atoms with Crippen molar-refractivity contribution >= 4 is 38.9 Å². The highest BCUT2D eigenvalue weighted by atomic mass is 35.5. The zero-order valence-corrected chi connectivity index (χ0v) is 14.5. The van der Waals surface area contributed by atoms with Crippen molar-refractivity contribution < 1.29 is 13.9 Å². The Morgan fingerprint density at radius 2 is 1.92 bits per heavy atom. The van der Waals surface area contributed by atoms with Crippen molar-refractivity contribution in [2.75, 3.05) is 20.2 Å². The second kappa shape index (κ2) is 7.20. The Kier molecular flexibility index (Phi) is 5.02. The number of halogens is 2. The number of hydrogen-bond acceptors (Lipinski definition) is 3. The summed E-state index contributed by atoms with van der Waals surface area (Å²) in [5.41, 5.74) is 0. The van der Waals surface area contributed by atoms with E-state index in [2.05, 4.69) is 0 Å². The zero-order valence-electron chi connectivity index (χ0n) is 13.0. The van der Waals surface area contributed by atoms with E-state index >= 15 is 0 Å². The normalized spacial score (nSPS) is 10.8. The molecule has 6 heteroatoms. The Labute approximate surface area is 148 Å². The van der Waals surface area contributed by atoms with Crippen molar-refractivity contribution in [3.63, 3.8) is 0 Å². The first-order chi connectivity index (χ1) is 11.6. The van der Waals surface area contributed by atoms with Gasteiger partial charge in [0.2, 0.25) is 0 Å². The number of benzene rings is 2. The van der Waals surface area contributed by atoms with Crippen LogP contribution in [0.3, 0.4) is 0 Å². The first-order valence-electron chi connectivity index (χ1n) is 7.37. The largest absolute Gasteiger partial charge is 0.489 e. The highest BCUT2D eigenvalue weighted by molar-refractivity contribution is 7.21. The van der Waals surface area contributed by atoms with Gasteiger partial charge in [-0.2, -0.15) is 0 Å². The highest BCUT2D eigenvalue weighted by Crippen LogP contribution is 2.35. The van der Waals surface area contributed by atoms with E-state index in [9.17, 15) is 9.18 Å². The van der Waals surface area contributed by atoms with Crippen LogP contribution < -0.4 is 4.74 Å². The van der Waals surface area contributed by atoms with Gasteiger partial charge in [-0.3, -0.25) is 4.79 Å². The molecule has 124 valence electrons. The first-order valence-corrected chi connectivity index (χ1v) is 8.57. The van der Waals surface area contributed by atoms with Crippen molar-refractivity contribution in [2.24, 2.45) is 0 Å². The fraction of sp³-hybridized carbons (Fsp3) is 0.167. The van der Waals surface area contributed by atoms with Gasteiger partial charge in [0.1, 0.15) is 11.5 Å². The molecule has 0 saturated carbocycles. The van der Waals surface area contributed by atoms with Gasteiger partial charge in [0, 0.05) is 17.1 Å². The average Bonchev–Trinajstić information content (AvgIpc) is 2.93. The molecule has 0 bridgehead atoms. The number of fused-ring (bicyclic) bond motifs is 1. The van der Waals surface area contributed by atoms with Gasteiger partial charge in [0.15, 0.2) is 11.6 Å². The van der Waals surface area contributed by atoms with Crippen LogP contribution in [0.15, 0.2) is 48.5 Å². The lowest BCUT2D eigenvalue weighted by Gasteiger charge is -2.17. The molecule has 0 unspecified atom stereocenters. The summed E-state index contributed by atoms with van der Waals surface area (Å²) in [5, 5.41) is 1.35. The summed E-state index contributed by atoms with van der Waals surface area (Å²) in [6.07, 6.45) is 0. The highest BCUT2D eigenvalue weighted by Gasteiger charge is 2.20. The molecule has 3 rings (SSSR count). The molecule has 1 heterocycles. The molecule has 1 amide bonds. The molecule has 0 aliphatic carbocycles. The lowest BCUT2D eigenvalue weighted by atomic mass is 10.2. The van der Waals surface area contributed by atoms with Crippen molar-refractivity contribution in [2.45, 2.75) is 0 Å². The standard InChI is InChI=1S/C18H15ClFNO2S/c1-21(10-11-23-14-8-4-3-7-13(14)20)18(22)17-16(19)12-6-2-5-9-15(12)24-17/h2-9H,10-11H2,1H3. The molecule has 0 atom stereocenters. The van der Waals surface area contributed by atoms with Crippen LogP contribution in [0.1, 0.15) is 9.67 Å². The topological polar surface area (TPSA) is 29.5 Å². The maximum atomic E-state index is 13.5. The Balaban J connectivity index is 1.66. The van der Waals surface area contributed by atoms with E-state index in [0.29, 0.717) is 16.4 Å². The summed E-state index contributed by atoms with van der Waals surface area (Å²) < 4.78 is 19.8. The predicted octanol–water partition coefficient (Wildman–Crippen LogP) is 4.84. The molecule has 0 saturated heterocycles. The molecular weight excluding hydrogens is 349 g/mol. The minimum Gasteiger partial charge on any atom is -0.489 e. The number of carbonyl (C=O) groups excluding carboxylic acids is 1. The number of carbonyl (C=O) groups is 1. The number of para-hydroxylation sites is 1. The van der Waals surface area contributed by atoms with Crippen LogP contribution in [0.5, 0.6) is 5.75 Å². The molecule has 0 spiro atoms. The Morgan fingerprint density at radius 3 is 2.67 bits per heavy atom. The molecule has 3 nitrogen and oxygen atoms in total. The van der Waals surface area contributed by atoms with Gasteiger partial charge < -0.3 is 9.64 Å². The molecule has 3 aromatic rings. The fourth-order valence-electron chi connectivity index (χ4n) is 2.28. The van der Waals surface area contributed by atoms with Gasteiger partial charge in [-0.05, 0) is 18.2 Å². The summed E-state index contributed by atoms with van der Waals surface area (Å²) in [6, 6.07) is 13.8. The van der Waals surface area contributed by atoms with Crippen molar-refractivity contribution in [1.29, 1.82) is 0 Å². The van der Waals surface area contributed by atoms with Crippen molar-refractivity contribution in [3.8, 4) is 5.75 Å². The van der Waals surface area contributed by atoms with Crippen molar-refractivity contribution in [3.05, 3.63) is 64.2 Å². The molecule has 0 fully saturated rings. The van der Waals surface area contributed by atoms with Crippen LogP contribution in [0.2, 0.25) is 5.02 Å². The Hall–Kier alpha value is -2.11. The number of nitrogens with zero attached hydrogens (tertiary/aromatic N) is 1. The minimum atomic E-state index is -0.418. The summed E-state index contributed by atoms with van der Waals surface area (Å²) >= 11 is 7.70. The van der Waals surface area contributed by atoms with Crippen LogP contribution in [0.25, 0.3) is 10.1 Å². The lowest BCUT2D eigenvalue weighted by molar-refractivity contribution is 0.0778. The van der Waals surface area contributed by atoms with Gasteiger partial charge in [-0.15, -0.1) is 11.3 Å². The van der Waals surface area contributed by atoms with Gasteiger partial charge in [0.05, 0.1) is 11.6 Å². The zero-order chi connectivity index (χ0) is 17.1. The molecule has 0 aliphatic heterocycles. The van der Waals surface area contributed by atoms with E-state index in [-0.39, 0.29) is 18.3 Å². The third-order valence-electron chi connectivity index (χ3n) is 3.60. The van der Waals surface area contributed by atoms with E-state index in [1.54, 1.807) is 25.2 Å². The second-order valence-corrected chi connectivity index (χ2v) is 6.68. The van der Waals surface area contributed by atoms with Crippen LogP contribution in [0.4, 0.5) is 4.39 Å². The molecule has 1 aromatic heterocycles. The van der Waals surface area contributed by atoms with E-state index in [1.807, 2.05) is 24.3 Å². The van der Waals surface area contributed by atoms with Gasteiger partial charge in [0.25, 0.3) is 5.91 Å². The molecule has 24 heavy (non-hydrogen) atoms. The minimum absolute atomic E-state index is 0.168. The van der Waals surface area contributed by atoms with E-state index in [0.717, 1.165) is 10.1 Å². The molecule has 0 radical (unpaired) electrons. The third-order valence-corrected chi connectivity index (χ3v) is 5.26. The number of likely N-dealkylation sites (N-methyl/N-ethyl adjacent to an activating group) is 1. The van der Waals surface area contributed by atoms with E-state index in [1.165, 1.54) is 22.3 Å². The number of hydrogen-bond donors (Lipinski definition) is 0. The predicted molar refractivity (Wildman–Crippen MR) is 95.7 cm³/mol. The summed E-state index contributed by atoms with van der Waals surface area (Å²) in [5.74, 6) is -0.407. The van der Waals surface area contributed by atoms with Gasteiger partial charge >= 0.3 is 0 Å². The van der Waals surface area contributed by atoms with Crippen LogP contribution in [0, 0.1) is 5.82 Å². The summed E-state index contributed by atoms with van der Waals surface area (Å²) in [6.45, 7) is 0.531. The smallest absolute Gasteiger partial charge is 0.265 e. The monoisotopic (exact) mass is 363 g/mol. The number of amides is 1. The molecular formula is C18H15ClFNO2S. The Bertz CT molecular complexity index is 880. The van der Waals surface area contributed by atoms with Gasteiger partial charge in [-0.1, -0.05) is 41.9 Å². The van der Waals surface area contributed by atoms with Crippen molar-refractivity contribution in [1.82, 2.24) is 4.90 Å². The maximum Gasteiger partial charge on any atom is 0.265 e. The summed E-state index contributed by atoms with van der Waals surface area (Å²) in [7, 11) is 1.67. The lowest BCUT2D eigenvalue weighted by Crippen LogP contribution is -2.30. The number of ether oxygens (including phenoxy) is 1. The van der Waals surface area contributed by atoms with Crippen LogP contribution in [-0.4, -0.2) is 31.0 Å². The fourth-order valence-corrected chi connectivity index (χ4v) is 3.79. The molecule has 0 N–H and O–H groups in total. The first kappa shape index (κ1) is 16.7. The van der Waals surface area contributed by atoms with Crippen LogP contribution >= 0.6 is 22.9 Å². The van der Waals surface area contributed by atoms with E-state index < -0.39 is 5.82 Å². The van der Waals surface area contributed by atoms with E-state index in [4.69, 9.17) is 16.3 Å². The Morgan fingerprint density at radius 1 is 1.21 bits per heavy atom. The second-order valence-electron chi connectivity index (χ2n) is 5.25. The molecule has 2 aromatic carbocycles. The number of thiophene rings is 1. The van der Waals surface area contributed by atoms with Gasteiger partial charge in [-0.25, -0.2) is 4.39 Å².